The van der Waals surface area contributed by atoms with Gasteiger partial charge in [0.05, 0.1) is 27.1 Å². The number of nitrogens with zero attached hydrogens (tertiary/aromatic N) is 3. The number of aromatic nitrogens is 3. The molecule has 6 nitrogen and oxygen atoms in total. The number of rotatable bonds is 5. The second-order valence-corrected chi connectivity index (χ2v) is 7.48. The van der Waals surface area contributed by atoms with E-state index >= 15 is 0 Å². The molecule has 0 unspecified atom stereocenters. The Morgan fingerprint density at radius 3 is 2.63 bits per heavy atom. The van der Waals surface area contributed by atoms with Gasteiger partial charge in [-0.3, -0.25) is 0 Å². The fourth-order valence-corrected chi connectivity index (χ4v) is 3.75. The number of nitrogen functional groups attached to an aromatic ring is 1. The zero-order chi connectivity index (χ0) is 20.3. The van der Waals surface area contributed by atoms with E-state index < -0.39 is 0 Å². The molecule has 30 heavy (non-hydrogen) atoms. The van der Waals surface area contributed by atoms with Gasteiger partial charge in [-0.15, -0.1) is 11.3 Å². The number of fused-ring (bicyclic) bond motifs is 1. The summed E-state index contributed by atoms with van der Waals surface area (Å²) in [6.07, 6.45) is 1.74. The van der Waals surface area contributed by atoms with Crippen LogP contribution < -0.4 is 15.8 Å². The number of hydrogen-bond acceptors (Lipinski definition) is 7. The van der Waals surface area contributed by atoms with E-state index in [4.69, 9.17) is 10.5 Å². The first-order valence-electron chi connectivity index (χ1n) is 9.31. The van der Waals surface area contributed by atoms with Crippen molar-refractivity contribution in [1.29, 1.82) is 0 Å². The Labute approximate surface area is 177 Å². The van der Waals surface area contributed by atoms with Crippen LogP contribution in [0.15, 0.2) is 84.5 Å². The lowest BCUT2D eigenvalue weighted by Gasteiger charge is -2.09. The van der Waals surface area contributed by atoms with E-state index in [-0.39, 0.29) is 0 Å². The molecular weight excluding hydrogens is 394 g/mol. The van der Waals surface area contributed by atoms with Crippen LogP contribution in [0.3, 0.4) is 0 Å². The van der Waals surface area contributed by atoms with Crippen LogP contribution in [0, 0.1) is 0 Å². The SMILES string of the molecule is Nc1ccccc1Oc1ccc(-c2ccnc(Nc3ccc4ncsc4c3)n2)cc1. The smallest absolute Gasteiger partial charge is 0.227 e. The normalized spacial score (nSPS) is 10.8. The number of benzene rings is 3. The van der Waals surface area contributed by atoms with E-state index in [0.717, 1.165) is 27.2 Å². The molecule has 0 radical (unpaired) electrons. The summed E-state index contributed by atoms with van der Waals surface area (Å²) in [7, 11) is 0. The molecule has 0 saturated heterocycles. The van der Waals surface area contributed by atoms with Crippen molar-refractivity contribution in [2.45, 2.75) is 0 Å². The molecule has 0 aliphatic rings. The van der Waals surface area contributed by atoms with Crippen molar-refractivity contribution in [2.24, 2.45) is 0 Å². The van der Waals surface area contributed by atoms with Crippen molar-refractivity contribution in [3.8, 4) is 22.8 Å². The van der Waals surface area contributed by atoms with Gasteiger partial charge in [0.25, 0.3) is 0 Å². The fraction of sp³-hybridized carbons (Fsp3) is 0. The van der Waals surface area contributed by atoms with E-state index in [9.17, 15) is 0 Å². The molecule has 2 heterocycles. The van der Waals surface area contributed by atoms with Crippen molar-refractivity contribution in [1.82, 2.24) is 15.0 Å². The lowest BCUT2D eigenvalue weighted by atomic mass is 10.1. The second kappa shape index (κ2) is 7.81. The van der Waals surface area contributed by atoms with Gasteiger partial charge in [0, 0.05) is 17.4 Å². The standard InChI is InChI=1S/C23H17N5OS/c24-18-3-1-2-4-21(18)29-17-8-5-15(6-9-17)19-11-12-25-23(28-19)27-16-7-10-20-22(13-16)30-14-26-20/h1-14H,24H2,(H,25,27,28). The van der Waals surface area contributed by atoms with Crippen LogP contribution >= 0.6 is 11.3 Å². The zero-order valence-electron chi connectivity index (χ0n) is 15.8. The maximum absolute atomic E-state index is 5.94. The van der Waals surface area contributed by atoms with Crippen LogP contribution in [0.25, 0.3) is 21.5 Å². The lowest BCUT2D eigenvalue weighted by Crippen LogP contribution is -1.97. The molecule has 0 atom stereocenters. The zero-order valence-corrected chi connectivity index (χ0v) is 16.6. The number of nitrogens with one attached hydrogen (secondary N) is 1. The van der Waals surface area contributed by atoms with Gasteiger partial charge in [-0.2, -0.15) is 0 Å². The summed E-state index contributed by atoms with van der Waals surface area (Å²) in [6, 6.07) is 23.0. The molecule has 0 spiro atoms. The van der Waals surface area contributed by atoms with Crippen LogP contribution in [0.5, 0.6) is 11.5 Å². The van der Waals surface area contributed by atoms with E-state index in [0.29, 0.717) is 23.1 Å². The van der Waals surface area contributed by atoms with Crippen molar-refractivity contribution in [3.05, 3.63) is 84.5 Å². The molecule has 0 bridgehead atoms. The van der Waals surface area contributed by atoms with Crippen molar-refractivity contribution >= 4 is 38.9 Å². The maximum Gasteiger partial charge on any atom is 0.227 e. The third-order valence-corrected chi connectivity index (χ3v) is 5.33. The Morgan fingerprint density at radius 1 is 0.900 bits per heavy atom. The monoisotopic (exact) mass is 411 g/mol. The number of para-hydroxylation sites is 2. The van der Waals surface area contributed by atoms with Gasteiger partial charge in [0.2, 0.25) is 5.95 Å². The van der Waals surface area contributed by atoms with Gasteiger partial charge >= 0.3 is 0 Å². The van der Waals surface area contributed by atoms with Crippen molar-refractivity contribution in [2.75, 3.05) is 11.1 Å². The van der Waals surface area contributed by atoms with Crippen LogP contribution in [-0.4, -0.2) is 15.0 Å². The van der Waals surface area contributed by atoms with E-state index in [2.05, 4.69) is 20.3 Å². The van der Waals surface area contributed by atoms with Crippen molar-refractivity contribution in [3.63, 3.8) is 0 Å². The fourth-order valence-electron chi connectivity index (χ4n) is 3.04. The van der Waals surface area contributed by atoms with Crippen LogP contribution in [0.1, 0.15) is 0 Å². The Kier molecular flexibility index (Phi) is 4.71. The van der Waals surface area contributed by atoms with Gasteiger partial charge in [-0.25, -0.2) is 15.0 Å². The highest BCUT2D eigenvalue weighted by Gasteiger charge is 2.06. The minimum absolute atomic E-state index is 0.536. The molecule has 5 rings (SSSR count). The maximum atomic E-state index is 5.94. The molecule has 3 aromatic carbocycles. The molecule has 2 aromatic heterocycles. The average Bonchev–Trinajstić information content (AvgIpc) is 3.24. The molecule has 0 aliphatic heterocycles. The summed E-state index contributed by atoms with van der Waals surface area (Å²) in [5.41, 5.74) is 12.1. The van der Waals surface area contributed by atoms with Crippen molar-refractivity contribution < 1.29 is 4.74 Å². The Hall–Kier alpha value is -3.97. The number of ether oxygens (including phenoxy) is 1. The Bertz CT molecular complexity index is 1320. The van der Waals surface area contributed by atoms with Gasteiger partial charge in [0.1, 0.15) is 11.5 Å². The highest BCUT2D eigenvalue weighted by atomic mass is 32.1. The summed E-state index contributed by atoms with van der Waals surface area (Å²) in [4.78, 5) is 13.3. The number of hydrogen-bond donors (Lipinski definition) is 2. The summed E-state index contributed by atoms with van der Waals surface area (Å²) in [5.74, 6) is 1.88. The van der Waals surface area contributed by atoms with E-state index in [1.165, 1.54) is 0 Å². The molecule has 146 valence electrons. The quantitative estimate of drug-likeness (QED) is 0.352. The molecule has 0 aliphatic carbocycles. The van der Waals surface area contributed by atoms with Gasteiger partial charge < -0.3 is 15.8 Å². The second-order valence-electron chi connectivity index (χ2n) is 6.59. The molecule has 3 N–H and O–H groups in total. The van der Waals surface area contributed by atoms with Gasteiger partial charge in [-0.05, 0) is 60.7 Å². The van der Waals surface area contributed by atoms with Crippen LogP contribution in [0.4, 0.5) is 17.3 Å². The highest BCUT2D eigenvalue weighted by Crippen LogP contribution is 2.29. The van der Waals surface area contributed by atoms with Crippen LogP contribution in [-0.2, 0) is 0 Å². The third kappa shape index (κ3) is 3.78. The molecule has 7 heteroatoms. The molecule has 0 amide bonds. The minimum Gasteiger partial charge on any atom is -0.455 e. The first-order chi connectivity index (χ1) is 14.7. The highest BCUT2D eigenvalue weighted by molar-refractivity contribution is 7.16. The van der Waals surface area contributed by atoms with Gasteiger partial charge in [0.15, 0.2) is 0 Å². The Morgan fingerprint density at radius 2 is 1.77 bits per heavy atom. The summed E-state index contributed by atoms with van der Waals surface area (Å²) in [5, 5.41) is 3.26. The van der Waals surface area contributed by atoms with E-state index in [1.807, 2.05) is 78.3 Å². The summed E-state index contributed by atoms with van der Waals surface area (Å²) < 4.78 is 6.97. The topological polar surface area (TPSA) is 86.0 Å². The first kappa shape index (κ1) is 18.1. The lowest BCUT2D eigenvalue weighted by molar-refractivity contribution is 0.485. The minimum atomic E-state index is 0.536. The molecule has 0 saturated carbocycles. The molecule has 0 fully saturated rings. The first-order valence-corrected chi connectivity index (χ1v) is 10.2. The average molecular weight is 411 g/mol. The molecule has 5 aromatic rings. The van der Waals surface area contributed by atoms with Crippen LogP contribution in [0.2, 0.25) is 0 Å². The number of nitrogens with two attached hydrogens (primary N) is 1. The van der Waals surface area contributed by atoms with E-state index in [1.54, 1.807) is 17.5 Å². The Balaban J connectivity index is 1.35. The number of thiazole rings is 1. The van der Waals surface area contributed by atoms with Gasteiger partial charge in [-0.1, -0.05) is 12.1 Å². The largest absolute Gasteiger partial charge is 0.455 e. The summed E-state index contributed by atoms with van der Waals surface area (Å²) >= 11 is 1.60. The number of anilines is 3. The third-order valence-electron chi connectivity index (χ3n) is 4.54. The predicted octanol–water partition coefficient (Wildman–Crippen LogP) is 5.87. The molecular formula is C23H17N5OS. The predicted molar refractivity (Wildman–Crippen MR) is 121 cm³/mol. The summed E-state index contributed by atoms with van der Waals surface area (Å²) in [6.45, 7) is 0.